The van der Waals surface area contributed by atoms with Gasteiger partial charge in [-0.25, -0.2) is 4.98 Å². The fourth-order valence-electron chi connectivity index (χ4n) is 2.69. The molecular weight excluding hydrogens is 276 g/mol. The van der Waals surface area contributed by atoms with E-state index in [-0.39, 0.29) is 6.04 Å². The van der Waals surface area contributed by atoms with E-state index in [4.69, 9.17) is 0 Å². The Kier molecular flexibility index (Phi) is 5.11. The second-order valence-corrected chi connectivity index (χ2v) is 5.76. The molecule has 120 valence electrons. The highest BCUT2D eigenvalue weighted by Crippen LogP contribution is 2.16. The maximum atomic E-state index is 4.59. The van der Waals surface area contributed by atoms with Crippen molar-refractivity contribution in [3.63, 3.8) is 0 Å². The average molecular weight is 302 g/mol. The first-order chi connectivity index (χ1) is 10.5. The highest BCUT2D eigenvalue weighted by molar-refractivity contribution is 5.31. The molecule has 0 aliphatic rings. The van der Waals surface area contributed by atoms with Crippen LogP contribution in [0.25, 0.3) is 0 Å². The molecule has 0 amide bonds. The van der Waals surface area contributed by atoms with E-state index in [9.17, 15) is 0 Å². The van der Waals surface area contributed by atoms with Crippen LogP contribution in [0.4, 0.5) is 5.95 Å². The van der Waals surface area contributed by atoms with E-state index in [1.807, 2.05) is 11.7 Å². The third kappa shape index (κ3) is 3.43. The van der Waals surface area contributed by atoms with Gasteiger partial charge in [0.05, 0.1) is 17.1 Å². The molecule has 0 saturated heterocycles. The van der Waals surface area contributed by atoms with Gasteiger partial charge in [0, 0.05) is 18.8 Å². The molecule has 1 unspecified atom stereocenters. The van der Waals surface area contributed by atoms with Gasteiger partial charge in [-0.1, -0.05) is 13.8 Å². The molecule has 6 nitrogen and oxygen atoms in total. The van der Waals surface area contributed by atoms with Gasteiger partial charge in [-0.15, -0.1) is 5.10 Å². The number of aryl methyl sites for hydroxylation is 4. The minimum Gasteiger partial charge on any atom is -0.350 e. The summed E-state index contributed by atoms with van der Waals surface area (Å²) in [7, 11) is 1.98. The van der Waals surface area contributed by atoms with E-state index < -0.39 is 0 Å². The molecule has 1 atom stereocenters. The van der Waals surface area contributed by atoms with Crippen LogP contribution in [-0.4, -0.2) is 31.0 Å². The number of nitrogens with one attached hydrogen (secondary N) is 1. The minimum absolute atomic E-state index is 0.223. The molecule has 0 aromatic carbocycles. The Hall–Kier alpha value is -1.98. The van der Waals surface area contributed by atoms with Crippen LogP contribution < -0.4 is 5.32 Å². The molecule has 0 fully saturated rings. The molecule has 0 aliphatic heterocycles. The SMILES string of the molecule is CCc1nnc(NC(C)Cc2c(C)nn(C)c2C)nc1CC. The van der Waals surface area contributed by atoms with Crippen molar-refractivity contribution in [2.24, 2.45) is 7.05 Å². The van der Waals surface area contributed by atoms with Crippen LogP contribution in [0.5, 0.6) is 0 Å². The van der Waals surface area contributed by atoms with Crippen LogP contribution in [0, 0.1) is 13.8 Å². The zero-order valence-electron chi connectivity index (χ0n) is 14.4. The average Bonchev–Trinajstić information content (AvgIpc) is 2.73. The van der Waals surface area contributed by atoms with E-state index in [1.54, 1.807) is 0 Å². The van der Waals surface area contributed by atoms with E-state index in [0.29, 0.717) is 5.95 Å². The molecule has 0 aliphatic carbocycles. The van der Waals surface area contributed by atoms with Crippen LogP contribution in [0.3, 0.4) is 0 Å². The second kappa shape index (κ2) is 6.85. The minimum atomic E-state index is 0.223. The van der Waals surface area contributed by atoms with Crippen LogP contribution in [0.2, 0.25) is 0 Å². The van der Waals surface area contributed by atoms with Crippen LogP contribution in [0.15, 0.2) is 0 Å². The van der Waals surface area contributed by atoms with Gasteiger partial charge in [0.25, 0.3) is 0 Å². The Morgan fingerprint density at radius 3 is 2.32 bits per heavy atom. The van der Waals surface area contributed by atoms with Crippen LogP contribution in [0.1, 0.15) is 49.1 Å². The zero-order valence-corrected chi connectivity index (χ0v) is 14.4. The number of anilines is 1. The molecule has 2 heterocycles. The van der Waals surface area contributed by atoms with Gasteiger partial charge >= 0.3 is 0 Å². The van der Waals surface area contributed by atoms with Gasteiger partial charge < -0.3 is 5.32 Å². The molecule has 22 heavy (non-hydrogen) atoms. The lowest BCUT2D eigenvalue weighted by Crippen LogP contribution is -2.21. The predicted octanol–water partition coefficient (Wildman–Crippen LogP) is 2.39. The van der Waals surface area contributed by atoms with Crippen molar-refractivity contribution in [2.45, 2.75) is 59.9 Å². The quantitative estimate of drug-likeness (QED) is 0.887. The molecule has 0 bridgehead atoms. The van der Waals surface area contributed by atoms with Gasteiger partial charge in [-0.2, -0.15) is 10.2 Å². The first-order valence-corrected chi connectivity index (χ1v) is 7.94. The van der Waals surface area contributed by atoms with Crippen molar-refractivity contribution in [3.8, 4) is 0 Å². The Morgan fingerprint density at radius 2 is 1.77 bits per heavy atom. The molecule has 2 aromatic rings. The molecule has 1 N–H and O–H groups in total. The van der Waals surface area contributed by atoms with Gasteiger partial charge in [0.2, 0.25) is 5.95 Å². The fraction of sp³-hybridized carbons (Fsp3) is 0.625. The maximum Gasteiger partial charge on any atom is 0.243 e. The lowest BCUT2D eigenvalue weighted by molar-refractivity contribution is 0.724. The molecule has 0 spiro atoms. The van der Waals surface area contributed by atoms with E-state index >= 15 is 0 Å². The molecular formula is C16H26N6. The number of rotatable bonds is 6. The third-order valence-electron chi connectivity index (χ3n) is 4.05. The summed E-state index contributed by atoms with van der Waals surface area (Å²) in [5.41, 5.74) is 5.60. The summed E-state index contributed by atoms with van der Waals surface area (Å²) in [6.07, 6.45) is 2.64. The smallest absolute Gasteiger partial charge is 0.243 e. The largest absolute Gasteiger partial charge is 0.350 e. The van der Waals surface area contributed by atoms with Crippen molar-refractivity contribution in [1.82, 2.24) is 25.0 Å². The molecule has 2 aromatic heterocycles. The van der Waals surface area contributed by atoms with Gasteiger partial charge in [-0.3, -0.25) is 4.68 Å². The Labute approximate surface area is 132 Å². The Balaban J connectivity index is 2.10. The highest BCUT2D eigenvalue weighted by atomic mass is 15.3. The standard InChI is InChI=1S/C16H26N6/c1-7-14-15(8-2)19-20-16(18-14)17-10(3)9-13-11(4)21-22(6)12(13)5/h10H,7-9H2,1-6H3,(H,17,18,20). The van der Waals surface area contributed by atoms with Crippen molar-refractivity contribution in [3.05, 3.63) is 28.3 Å². The summed E-state index contributed by atoms with van der Waals surface area (Å²) < 4.78 is 1.93. The fourth-order valence-corrected chi connectivity index (χ4v) is 2.69. The van der Waals surface area contributed by atoms with E-state index in [0.717, 1.165) is 36.3 Å². The van der Waals surface area contributed by atoms with E-state index in [2.05, 4.69) is 60.2 Å². The van der Waals surface area contributed by atoms with Gasteiger partial charge in [0.1, 0.15) is 0 Å². The van der Waals surface area contributed by atoms with Crippen molar-refractivity contribution >= 4 is 5.95 Å². The zero-order chi connectivity index (χ0) is 16.3. The topological polar surface area (TPSA) is 68.5 Å². The molecule has 0 saturated carbocycles. The first kappa shape index (κ1) is 16.4. The molecule has 6 heteroatoms. The van der Waals surface area contributed by atoms with Crippen LogP contribution in [-0.2, 0) is 26.3 Å². The first-order valence-electron chi connectivity index (χ1n) is 7.94. The number of hydrogen-bond donors (Lipinski definition) is 1. The number of hydrogen-bond acceptors (Lipinski definition) is 5. The number of nitrogens with zero attached hydrogens (tertiary/aromatic N) is 5. The number of aromatic nitrogens is 5. The van der Waals surface area contributed by atoms with Crippen LogP contribution >= 0.6 is 0 Å². The lowest BCUT2D eigenvalue weighted by atomic mass is 10.1. The highest BCUT2D eigenvalue weighted by Gasteiger charge is 2.14. The Morgan fingerprint density at radius 1 is 1.09 bits per heavy atom. The monoisotopic (exact) mass is 302 g/mol. The summed E-state index contributed by atoms with van der Waals surface area (Å²) in [5, 5.41) is 16.3. The van der Waals surface area contributed by atoms with Gasteiger partial charge in [0.15, 0.2) is 0 Å². The summed E-state index contributed by atoms with van der Waals surface area (Å²) >= 11 is 0. The summed E-state index contributed by atoms with van der Waals surface area (Å²) in [6, 6.07) is 0.223. The maximum absolute atomic E-state index is 4.59. The summed E-state index contributed by atoms with van der Waals surface area (Å²) in [4.78, 5) is 4.59. The molecule has 0 radical (unpaired) electrons. The second-order valence-electron chi connectivity index (χ2n) is 5.76. The normalized spacial score (nSPS) is 12.5. The predicted molar refractivity (Wildman–Crippen MR) is 88.1 cm³/mol. The third-order valence-corrected chi connectivity index (χ3v) is 4.05. The lowest BCUT2D eigenvalue weighted by Gasteiger charge is -2.15. The van der Waals surface area contributed by atoms with E-state index in [1.165, 1.54) is 11.3 Å². The van der Waals surface area contributed by atoms with Crippen molar-refractivity contribution < 1.29 is 0 Å². The van der Waals surface area contributed by atoms with Crippen molar-refractivity contribution in [2.75, 3.05) is 5.32 Å². The molecule has 2 rings (SSSR count). The summed E-state index contributed by atoms with van der Waals surface area (Å²) in [6.45, 7) is 10.5. The Bertz CT molecular complexity index is 646. The van der Waals surface area contributed by atoms with Gasteiger partial charge in [-0.05, 0) is 45.6 Å². The van der Waals surface area contributed by atoms with Crippen molar-refractivity contribution in [1.29, 1.82) is 0 Å². The summed E-state index contributed by atoms with van der Waals surface area (Å²) in [5.74, 6) is 0.612.